The molecule has 2 rings (SSSR count). The van der Waals surface area contributed by atoms with Crippen molar-refractivity contribution >= 4 is 28.2 Å². The first-order valence-corrected chi connectivity index (χ1v) is 8.82. The third-order valence-electron chi connectivity index (χ3n) is 4.50. The zero-order chi connectivity index (χ0) is 17.2. The Bertz CT molecular complexity index is 602. The number of amides is 1. The molecule has 1 aliphatic carbocycles. The summed E-state index contributed by atoms with van der Waals surface area (Å²) in [6.07, 6.45) is 3.09. The van der Waals surface area contributed by atoms with Gasteiger partial charge in [0.2, 0.25) is 5.91 Å². The van der Waals surface area contributed by atoms with E-state index >= 15 is 0 Å². The molecule has 5 nitrogen and oxygen atoms in total. The number of anilines is 1. The Kier molecular flexibility index (Phi) is 5.47. The summed E-state index contributed by atoms with van der Waals surface area (Å²) in [4.78, 5) is 25.3. The van der Waals surface area contributed by atoms with Gasteiger partial charge in [-0.15, -0.1) is 11.3 Å². The summed E-state index contributed by atoms with van der Waals surface area (Å²) in [6.45, 7) is 7.04. The second kappa shape index (κ2) is 7.01. The highest BCUT2D eigenvalue weighted by molar-refractivity contribution is 7.17. The highest BCUT2D eigenvalue weighted by Gasteiger charge is 2.34. The van der Waals surface area contributed by atoms with Crippen LogP contribution in [0.2, 0.25) is 0 Å². The molecule has 0 aromatic carbocycles. The van der Waals surface area contributed by atoms with Gasteiger partial charge in [0, 0.05) is 17.8 Å². The number of esters is 1. The molecule has 1 amide bonds. The van der Waals surface area contributed by atoms with Crippen molar-refractivity contribution in [1.29, 1.82) is 0 Å². The van der Waals surface area contributed by atoms with E-state index in [2.05, 4.69) is 26.1 Å². The van der Waals surface area contributed by atoms with Crippen LogP contribution in [0.4, 0.5) is 5.00 Å². The molecule has 0 saturated carbocycles. The van der Waals surface area contributed by atoms with Crippen molar-refractivity contribution in [3.63, 3.8) is 0 Å². The number of nitrogens with two attached hydrogens (primary N) is 1. The lowest BCUT2D eigenvalue weighted by Gasteiger charge is -2.33. The predicted octanol–water partition coefficient (Wildman–Crippen LogP) is 2.97. The molecular weight excluding hydrogens is 312 g/mol. The molecule has 0 aliphatic heterocycles. The van der Waals surface area contributed by atoms with Gasteiger partial charge in [-0.3, -0.25) is 4.79 Å². The highest BCUT2D eigenvalue weighted by Crippen LogP contribution is 2.44. The lowest BCUT2D eigenvalue weighted by atomic mass is 9.72. The van der Waals surface area contributed by atoms with E-state index in [1.54, 1.807) is 0 Å². The lowest BCUT2D eigenvalue weighted by Crippen LogP contribution is -2.26. The predicted molar refractivity (Wildman–Crippen MR) is 92.9 cm³/mol. The molecule has 0 bridgehead atoms. The van der Waals surface area contributed by atoms with Crippen molar-refractivity contribution in [2.75, 3.05) is 19.0 Å². The van der Waals surface area contributed by atoms with Crippen LogP contribution in [0.15, 0.2) is 0 Å². The van der Waals surface area contributed by atoms with Gasteiger partial charge in [-0.2, -0.15) is 0 Å². The van der Waals surface area contributed by atoms with E-state index in [1.165, 1.54) is 23.3 Å². The quantitative estimate of drug-likeness (QED) is 0.827. The zero-order valence-electron chi connectivity index (χ0n) is 14.3. The summed E-state index contributed by atoms with van der Waals surface area (Å²) in [5, 5.41) is 3.44. The van der Waals surface area contributed by atoms with Crippen molar-refractivity contribution in [1.82, 2.24) is 0 Å². The minimum atomic E-state index is -0.375. The van der Waals surface area contributed by atoms with E-state index in [4.69, 9.17) is 10.5 Å². The topological polar surface area (TPSA) is 81.4 Å². The fourth-order valence-electron chi connectivity index (χ4n) is 3.05. The van der Waals surface area contributed by atoms with Crippen molar-refractivity contribution in [3.05, 3.63) is 16.0 Å². The van der Waals surface area contributed by atoms with Crippen molar-refractivity contribution < 1.29 is 14.3 Å². The van der Waals surface area contributed by atoms with Gasteiger partial charge in [0.15, 0.2) is 0 Å². The number of rotatable bonds is 4. The van der Waals surface area contributed by atoms with E-state index in [0.29, 0.717) is 16.5 Å². The second-order valence-electron chi connectivity index (χ2n) is 7.09. The monoisotopic (exact) mass is 338 g/mol. The Balaban J connectivity index is 2.35. The summed E-state index contributed by atoms with van der Waals surface area (Å²) in [7, 11) is 1.37. The van der Waals surface area contributed by atoms with Crippen LogP contribution in [-0.4, -0.2) is 25.5 Å². The molecule has 1 atom stereocenters. The molecule has 1 heterocycles. The summed E-state index contributed by atoms with van der Waals surface area (Å²) in [5.74, 6) is 0.0371. The summed E-state index contributed by atoms with van der Waals surface area (Å²) in [6, 6.07) is 0. The van der Waals surface area contributed by atoms with Crippen LogP contribution in [0.5, 0.6) is 0 Å². The molecule has 0 radical (unpaired) electrons. The summed E-state index contributed by atoms with van der Waals surface area (Å²) >= 11 is 1.51. The second-order valence-corrected chi connectivity index (χ2v) is 8.20. The molecule has 1 aromatic heterocycles. The first-order chi connectivity index (χ1) is 10.8. The fraction of sp³-hybridized carbons (Fsp3) is 0.647. The normalized spacial score (nSPS) is 17.5. The standard InChI is InChI=1S/C17H26N2O3S/c1-17(2,3)10-5-6-11-12(9-10)23-15(14(11)16(21)22-4)19-13(20)7-8-18/h10H,5-9,18H2,1-4H3,(H,19,20). The maximum atomic E-state index is 12.2. The zero-order valence-corrected chi connectivity index (χ0v) is 15.1. The lowest BCUT2D eigenvalue weighted by molar-refractivity contribution is -0.116. The number of fused-ring (bicyclic) bond motifs is 1. The Morgan fingerprint density at radius 1 is 1.39 bits per heavy atom. The number of methoxy groups -OCH3 is 1. The van der Waals surface area contributed by atoms with Crippen LogP contribution in [0, 0.1) is 11.3 Å². The van der Waals surface area contributed by atoms with Crippen LogP contribution in [0.3, 0.4) is 0 Å². The van der Waals surface area contributed by atoms with Gasteiger partial charge < -0.3 is 15.8 Å². The first kappa shape index (κ1) is 17.9. The Morgan fingerprint density at radius 2 is 2.09 bits per heavy atom. The summed E-state index contributed by atoms with van der Waals surface area (Å²) in [5.41, 5.74) is 7.23. The van der Waals surface area contributed by atoms with E-state index in [-0.39, 0.29) is 30.3 Å². The SMILES string of the molecule is COC(=O)c1c(NC(=O)CCN)sc2c1CCC(C(C)(C)C)C2. The van der Waals surface area contributed by atoms with Gasteiger partial charge in [-0.25, -0.2) is 4.79 Å². The molecule has 1 unspecified atom stereocenters. The molecular formula is C17H26N2O3S. The number of thiophene rings is 1. The number of hydrogen-bond acceptors (Lipinski definition) is 5. The highest BCUT2D eigenvalue weighted by atomic mass is 32.1. The number of carbonyl (C=O) groups excluding carboxylic acids is 2. The molecule has 0 saturated heterocycles. The number of nitrogens with one attached hydrogen (secondary N) is 1. The fourth-order valence-corrected chi connectivity index (χ4v) is 4.38. The maximum Gasteiger partial charge on any atom is 0.341 e. The average Bonchev–Trinajstić information content (AvgIpc) is 2.82. The molecule has 3 N–H and O–H groups in total. The van der Waals surface area contributed by atoms with E-state index in [1.807, 2.05) is 0 Å². The van der Waals surface area contributed by atoms with E-state index in [0.717, 1.165) is 24.8 Å². The molecule has 6 heteroatoms. The van der Waals surface area contributed by atoms with Crippen LogP contribution in [0.1, 0.15) is 54.4 Å². The smallest absolute Gasteiger partial charge is 0.341 e. The van der Waals surface area contributed by atoms with Crippen LogP contribution in [-0.2, 0) is 22.4 Å². The van der Waals surface area contributed by atoms with Crippen LogP contribution < -0.4 is 11.1 Å². The van der Waals surface area contributed by atoms with E-state index < -0.39 is 0 Å². The van der Waals surface area contributed by atoms with Gasteiger partial charge in [0.25, 0.3) is 0 Å². The van der Waals surface area contributed by atoms with Crippen molar-refractivity contribution in [2.45, 2.75) is 46.5 Å². The van der Waals surface area contributed by atoms with Gasteiger partial charge in [-0.05, 0) is 36.2 Å². The summed E-state index contributed by atoms with van der Waals surface area (Å²) < 4.78 is 4.93. The maximum absolute atomic E-state index is 12.2. The number of carbonyl (C=O) groups is 2. The Morgan fingerprint density at radius 3 is 2.65 bits per heavy atom. The molecule has 1 aliphatic rings. The molecule has 23 heavy (non-hydrogen) atoms. The van der Waals surface area contributed by atoms with Crippen molar-refractivity contribution in [3.8, 4) is 0 Å². The minimum Gasteiger partial charge on any atom is -0.465 e. The Hall–Kier alpha value is -1.40. The average molecular weight is 338 g/mol. The van der Waals surface area contributed by atoms with Crippen LogP contribution in [0.25, 0.3) is 0 Å². The third-order valence-corrected chi connectivity index (χ3v) is 5.67. The van der Waals surface area contributed by atoms with Crippen LogP contribution >= 0.6 is 11.3 Å². The van der Waals surface area contributed by atoms with Crippen molar-refractivity contribution in [2.24, 2.45) is 17.1 Å². The molecule has 0 spiro atoms. The number of ether oxygens (including phenoxy) is 1. The van der Waals surface area contributed by atoms with Gasteiger partial charge in [0.05, 0.1) is 12.7 Å². The largest absolute Gasteiger partial charge is 0.465 e. The molecule has 128 valence electrons. The molecule has 1 aromatic rings. The minimum absolute atomic E-state index is 0.163. The van der Waals surface area contributed by atoms with Gasteiger partial charge in [-0.1, -0.05) is 20.8 Å². The van der Waals surface area contributed by atoms with Gasteiger partial charge in [0.1, 0.15) is 5.00 Å². The van der Waals surface area contributed by atoms with E-state index in [9.17, 15) is 9.59 Å². The first-order valence-electron chi connectivity index (χ1n) is 8.00. The Labute approximate surface area is 141 Å². The third kappa shape index (κ3) is 3.93. The molecule has 0 fully saturated rings. The number of hydrogen-bond donors (Lipinski definition) is 2. The van der Waals surface area contributed by atoms with Gasteiger partial charge >= 0.3 is 5.97 Å².